The predicted octanol–water partition coefficient (Wildman–Crippen LogP) is 2.70. The van der Waals surface area contributed by atoms with Gasteiger partial charge in [0.15, 0.2) is 0 Å². The van der Waals surface area contributed by atoms with Crippen molar-refractivity contribution in [2.75, 3.05) is 20.2 Å². The van der Waals surface area contributed by atoms with Gasteiger partial charge in [-0.2, -0.15) is 0 Å². The van der Waals surface area contributed by atoms with Gasteiger partial charge in [-0.05, 0) is 52.3 Å². The number of nitrogens with zero attached hydrogens (tertiary/aromatic N) is 1. The van der Waals surface area contributed by atoms with Gasteiger partial charge >= 0.3 is 0 Å². The van der Waals surface area contributed by atoms with E-state index in [0.29, 0.717) is 6.10 Å². The molecule has 0 radical (unpaired) electrons. The van der Waals surface area contributed by atoms with Crippen LogP contribution in [0.5, 0.6) is 0 Å². The van der Waals surface area contributed by atoms with Crippen molar-refractivity contribution in [1.82, 2.24) is 10.2 Å². The zero-order valence-electron chi connectivity index (χ0n) is 13.2. The lowest BCUT2D eigenvalue weighted by molar-refractivity contribution is 0.0616. The van der Waals surface area contributed by atoms with Crippen LogP contribution in [-0.4, -0.2) is 37.2 Å². The number of rotatable bonds is 9. The Morgan fingerprint density at radius 1 is 1.45 bits per heavy atom. The summed E-state index contributed by atoms with van der Waals surface area (Å²) < 4.78 is 11.5. The molecule has 1 N–H and O–H groups in total. The quantitative estimate of drug-likeness (QED) is 0.755. The third kappa shape index (κ3) is 5.27. The minimum Gasteiger partial charge on any atom is -0.463 e. The number of ether oxygens (including phenoxy) is 1. The maximum Gasteiger partial charge on any atom is 0.120 e. The van der Waals surface area contributed by atoms with Crippen LogP contribution in [0, 0.1) is 6.92 Å². The van der Waals surface area contributed by atoms with Crippen LogP contribution in [0.1, 0.15) is 43.8 Å². The Hall–Kier alpha value is -0.840. The molecular weight excluding hydrogens is 252 g/mol. The van der Waals surface area contributed by atoms with E-state index in [1.54, 1.807) is 0 Å². The van der Waals surface area contributed by atoms with E-state index in [2.05, 4.69) is 44.1 Å². The molecule has 4 heteroatoms. The highest BCUT2D eigenvalue weighted by Gasteiger charge is 2.21. The van der Waals surface area contributed by atoms with Gasteiger partial charge in [0.05, 0.1) is 25.8 Å². The van der Waals surface area contributed by atoms with Crippen molar-refractivity contribution in [2.45, 2.75) is 58.8 Å². The molecule has 1 aromatic rings. The van der Waals surface area contributed by atoms with Crippen LogP contribution in [0.2, 0.25) is 0 Å². The molecule has 1 aromatic heterocycles. The molecule has 0 atom stereocenters. The molecule has 0 aliphatic heterocycles. The fraction of sp³-hybridized carbons (Fsp3) is 0.750. The second-order valence-electron chi connectivity index (χ2n) is 6.13. The van der Waals surface area contributed by atoms with Gasteiger partial charge in [0.1, 0.15) is 11.5 Å². The van der Waals surface area contributed by atoms with E-state index in [1.165, 1.54) is 18.4 Å². The van der Waals surface area contributed by atoms with Crippen LogP contribution in [0.4, 0.5) is 0 Å². The molecule has 0 saturated heterocycles. The molecular formula is C16H28N2O2. The average Bonchev–Trinajstić information content (AvgIpc) is 3.11. The summed E-state index contributed by atoms with van der Waals surface area (Å²) in [6.07, 6.45) is 2.92. The van der Waals surface area contributed by atoms with Crippen molar-refractivity contribution in [3.8, 4) is 0 Å². The standard InChI is InChI=1S/C16H28N2O2/c1-12(2)19-8-7-18(4)11-15-9-13(3)16(20-15)10-17-14-5-6-14/h9,12,14,17H,5-8,10-11H2,1-4H3. The SMILES string of the molecule is Cc1cc(CN(C)CCOC(C)C)oc1CNC1CC1. The Bertz CT molecular complexity index is 411. The Kier molecular flexibility index (Phi) is 5.64. The molecule has 1 fully saturated rings. The minimum absolute atomic E-state index is 0.300. The number of hydrogen-bond acceptors (Lipinski definition) is 4. The maximum absolute atomic E-state index is 5.95. The van der Waals surface area contributed by atoms with Crippen molar-refractivity contribution in [3.05, 3.63) is 23.2 Å². The van der Waals surface area contributed by atoms with E-state index in [4.69, 9.17) is 9.15 Å². The van der Waals surface area contributed by atoms with E-state index in [9.17, 15) is 0 Å². The molecule has 0 spiro atoms. The Morgan fingerprint density at radius 3 is 2.85 bits per heavy atom. The lowest BCUT2D eigenvalue weighted by Gasteiger charge is -2.16. The van der Waals surface area contributed by atoms with Crippen molar-refractivity contribution in [2.24, 2.45) is 0 Å². The van der Waals surface area contributed by atoms with E-state index >= 15 is 0 Å². The topological polar surface area (TPSA) is 37.6 Å². The summed E-state index contributed by atoms with van der Waals surface area (Å²) in [5.74, 6) is 2.13. The first kappa shape index (κ1) is 15.5. The molecule has 0 unspecified atom stereocenters. The summed E-state index contributed by atoms with van der Waals surface area (Å²) >= 11 is 0. The van der Waals surface area contributed by atoms with Gasteiger partial charge in [-0.15, -0.1) is 0 Å². The molecule has 1 aliphatic rings. The lowest BCUT2D eigenvalue weighted by Crippen LogP contribution is -2.23. The van der Waals surface area contributed by atoms with E-state index < -0.39 is 0 Å². The number of aryl methyl sites for hydroxylation is 1. The average molecular weight is 280 g/mol. The van der Waals surface area contributed by atoms with Crippen LogP contribution in [0.25, 0.3) is 0 Å². The van der Waals surface area contributed by atoms with Crippen LogP contribution in [0.15, 0.2) is 10.5 Å². The molecule has 1 aliphatic carbocycles. The highest BCUT2D eigenvalue weighted by Crippen LogP contribution is 2.21. The maximum atomic E-state index is 5.95. The van der Waals surface area contributed by atoms with E-state index in [0.717, 1.165) is 43.8 Å². The number of furan rings is 1. The van der Waals surface area contributed by atoms with Crippen molar-refractivity contribution in [3.63, 3.8) is 0 Å². The largest absolute Gasteiger partial charge is 0.463 e. The van der Waals surface area contributed by atoms with Gasteiger partial charge in [-0.1, -0.05) is 0 Å². The van der Waals surface area contributed by atoms with Crippen molar-refractivity contribution >= 4 is 0 Å². The van der Waals surface area contributed by atoms with Gasteiger partial charge in [-0.3, -0.25) is 4.90 Å². The minimum atomic E-state index is 0.300. The molecule has 20 heavy (non-hydrogen) atoms. The van der Waals surface area contributed by atoms with Gasteiger partial charge in [0.2, 0.25) is 0 Å². The molecule has 1 heterocycles. The third-order valence-corrected chi connectivity index (χ3v) is 3.55. The predicted molar refractivity (Wildman–Crippen MR) is 80.7 cm³/mol. The smallest absolute Gasteiger partial charge is 0.120 e. The van der Waals surface area contributed by atoms with Gasteiger partial charge in [0, 0.05) is 12.6 Å². The van der Waals surface area contributed by atoms with Gasteiger partial charge in [-0.25, -0.2) is 0 Å². The number of nitrogens with one attached hydrogen (secondary N) is 1. The molecule has 0 bridgehead atoms. The molecule has 1 saturated carbocycles. The zero-order chi connectivity index (χ0) is 14.5. The Labute approximate surface area is 122 Å². The summed E-state index contributed by atoms with van der Waals surface area (Å²) in [4.78, 5) is 2.23. The summed E-state index contributed by atoms with van der Waals surface area (Å²) in [5.41, 5.74) is 1.25. The first-order chi connectivity index (χ1) is 9.54. The zero-order valence-corrected chi connectivity index (χ0v) is 13.2. The first-order valence-electron chi connectivity index (χ1n) is 7.66. The lowest BCUT2D eigenvalue weighted by atomic mass is 10.2. The molecule has 0 amide bonds. The highest BCUT2D eigenvalue weighted by atomic mass is 16.5. The second kappa shape index (κ2) is 7.25. The van der Waals surface area contributed by atoms with Gasteiger partial charge in [0.25, 0.3) is 0 Å². The highest BCUT2D eigenvalue weighted by molar-refractivity contribution is 5.20. The van der Waals surface area contributed by atoms with Crippen LogP contribution in [0.3, 0.4) is 0 Å². The van der Waals surface area contributed by atoms with E-state index in [1.807, 2.05) is 0 Å². The summed E-state index contributed by atoms with van der Waals surface area (Å²) in [6.45, 7) is 9.64. The first-order valence-corrected chi connectivity index (χ1v) is 7.66. The van der Waals surface area contributed by atoms with Gasteiger partial charge < -0.3 is 14.5 Å². The van der Waals surface area contributed by atoms with Crippen LogP contribution < -0.4 is 5.32 Å². The summed E-state index contributed by atoms with van der Waals surface area (Å²) in [6, 6.07) is 2.88. The van der Waals surface area contributed by atoms with E-state index in [-0.39, 0.29) is 0 Å². The normalized spacial score (nSPS) is 15.5. The third-order valence-electron chi connectivity index (χ3n) is 3.55. The fourth-order valence-electron chi connectivity index (χ4n) is 2.16. The summed E-state index contributed by atoms with van der Waals surface area (Å²) in [7, 11) is 2.10. The summed E-state index contributed by atoms with van der Waals surface area (Å²) in [5, 5.41) is 3.50. The Balaban J connectivity index is 1.75. The molecule has 0 aromatic carbocycles. The number of likely N-dealkylation sites (N-methyl/N-ethyl adjacent to an activating group) is 1. The Morgan fingerprint density at radius 2 is 2.20 bits per heavy atom. The van der Waals surface area contributed by atoms with Crippen LogP contribution in [-0.2, 0) is 17.8 Å². The molecule has 4 nitrogen and oxygen atoms in total. The molecule has 2 rings (SSSR count). The fourth-order valence-corrected chi connectivity index (χ4v) is 2.16. The van der Waals surface area contributed by atoms with Crippen molar-refractivity contribution < 1.29 is 9.15 Å². The second-order valence-corrected chi connectivity index (χ2v) is 6.13. The van der Waals surface area contributed by atoms with Crippen LogP contribution >= 0.6 is 0 Å². The molecule has 114 valence electrons. The van der Waals surface area contributed by atoms with Crippen molar-refractivity contribution in [1.29, 1.82) is 0 Å². The number of hydrogen-bond donors (Lipinski definition) is 1. The monoisotopic (exact) mass is 280 g/mol.